The van der Waals surface area contributed by atoms with Crippen LogP contribution in [0.4, 0.5) is 0 Å². The zero-order valence-corrected chi connectivity index (χ0v) is 13.1. The first-order valence-corrected chi connectivity index (χ1v) is 7.63. The Morgan fingerprint density at radius 2 is 1.68 bits per heavy atom. The van der Waals surface area contributed by atoms with Crippen LogP contribution < -0.4 is 0 Å². The smallest absolute Gasteiger partial charge is 0.253 e. The fourth-order valence-corrected chi connectivity index (χ4v) is 2.71. The van der Waals surface area contributed by atoms with E-state index in [1.807, 2.05) is 48.5 Å². The molecule has 0 radical (unpaired) electrons. The van der Waals surface area contributed by atoms with Crippen LogP contribution in [0.3, 0.4) is 0 Å². The number of hydrogen-bond donors (Lipinski definition) is 0. The molecule has 0 N–H and O–H groups in total. The fourth-order valence-electron chi connectivity index (χ4n) is 2.71. The number of hydrogen-bond acceptors (Lipinski definition) is 3. The lowest BCUT2D eigenvalue weighted by atomic mass is 10.0. The molecule has 1 aromatic heterocycles. The van der Waals surface area contributed by atoms with Gasteiger partial charge in [0.15, 0.2) is 0 Å². The standard InChI is InChI=1S/C18H21N3O/c1-14-11-17(13-19-12-14)15-3-5-16(6-4-15)18(22)21-9-7-20(2)8-10-21/h3-6,11-13H,7-10H2,1-2H3. The molecule has 4 heteroatoms. The summed E-state index contributed by atoms with van der Waals surface area (Å²) < 4.78 is 0. The van der Waals surface area contributed by atoms with E-state index in [2.05, 4.69) is 23.0 Å². The van der Waals surface area contributed by atoms with Crippen molar-refractivity contribution >= 4 is 5.91 Å². The van der Waals surface area contributed by atoms with E-state index in [1.54, 1.807) is 0 Å². The molecule has 114 valence electrons. The number of nitrogens with zero attached hydrogens (tertiary/aromatic N) is 3. The first-order valence-electron chi connectivity index (χ1n) is 7.63. The van der Waals surface area contributed by atoms with E-state index in [9.17, 15) is 4.79 Å². The van der Waals surface area contributed by atoms with Crippen molar-refractivity contribution in [3.8, 4) is 11.1 Å². The molecule has 1 aromatic carbocycles. The zero-order chi connectivity index (χ0) is 15.5. The van der Waals surface area contributed by atoms with Crippen LogP contribution in [0.5, 0.6) is 0 Å². The lowest BCUT2D eigenvalue weighted by Crippen LogP contribution is -2.47. The first kappa shape index (κ1) is 14.7. The van der Waals surface area contributed by atoms with Gasteiger partial charge in [0, 0.05) is 49.7 Å². The zero-order valence-electron chi connectivity index (χ0n) is 13.1. The molecule has 1 saturated heterocycles. The lowest BCUT2D eigenvalue weighted by Gasteiger charge is -2.32. The lowest BCUT2D eigenvalue weighted by molar-refractivity contribution is 0.0664. The number of rotatable bonds is 2. The van der Waals surface area contributed by atoms with E-state index >= 15 is 0 Å². The predicted molar refractivity (Wildman–Crippen MR) is 87.8 cm³/mol. The molecule has 1 aliphatic heterocycles. The van der Waals surface area contributed by atoms with Gasteiger partial charge in [0.25, 0.3) is 5.91 Å². The van der Waals surface area contributed by atoms with E-state index in [1.165, 1.54) is 0 Å². The van der Waals surface area contributed by atoms with Crippen molar-refractivity contribution in [2.24, 2.45) is 0 Å². The Bertz CT molecular complexity index is 658. The van der Waals surface area contributed by atoms with Crippen LogP contribution in [0.2, 0.25) is 0 Å². The second-order valence-electron chi connectivity index (χ2n) is 5.92. The van der Waals surface area contributed by atoms with Crippen LogP contribution in [0.1, 0.15) is 15.9 Å². The van der Waals surface area contributed by atoms with Crippen LogP contribution in [-0.2, 0) is 0 Å². The van der Waals surface area contributed by atoms with Gasteiger partial charge >= 0.3 is 0 Å². The molecule has 0 unspecified atom stereocenters. The largest absolute Gasteiger partial charge is 0.336 e. The van der Waals surface area contributed by atoms with Gasteiger partial charge in [0.05, 0.1) is 0 Å². The van der Waals surface area contributed by atoms with Crippen LogP contribution in [0, 0.1) is 6.92 Å². The van der Waals surface area contributed by atoms with Crippen LogP contribution in [0.25, 0.3) is 11.1 Å². The van der Waals surface area contributed by atoms with E-state index in [-0.39, 0.29) is 5.91 Å². The number of aromatic nitrogens is 1. The van der Waals surface area contributed by atoms with Gasteiger partial charge in [0.1, 0.15) is 0 Å². The van der Waals surface area contributed by atoms with Gasteiger partial charge in [-0.15, -0.1) is 0 Å². The SMILES string of the molecule is Cc1cncc(-c2ccc(C(=O)N3CCN(C)CC3)cc2)c1. The number of carbonyl (C=O) groups excluding carboxylic acids is 1. The summed E-state index contributed by atoms with van der Waals surface area (Å²) in [5, 5.41) is 0. The van der Waals surface area contributed by atoms with Crippen LogP contribution >= 0.6 is 0 Å². The molecule has 22 heavy (non-hydrogen) atoms. The summed E-state index contributed by atoms with van der Waals surface area (Å²) >= 11 is 0. The van der Waals surface area contributed by atoms with Crippen molar-refractivity contribution in [1.29, 1.82) is 0 Å². The van der Waals surface area contributed by atoms with Gasteiger partial charge in [-0.2, -0.15) is 0 Å². The molecule has 4 nitrogen and oxygen atoms in total. The van der Waals surface area contributed by atoms with Gasteiger partial charge in [0.2, 0.25) is 0 Å². The quantitative estimate of drug-likeness (QED) is 0.854. The van der Waals surface area contributed by atoms with Crippen molar-refractivity contribution in [2.75, 3.05) is 33.2 Å². The second kappa shape index (κ2) is 6.28. The van der Waals surface area contributed by atoms with Crippen LogP contribution in [-0.4, -0.2) is 53.9 Å². The van der Waals surface area contributed by atoms with Gasteiger partial charge in [-0.1, -0.05) is 12.1 Å². The third kappa shape index (κ3) is 3.17. The molecule has 1 fully saturated rings. The Morgan fingerprint density at radius 1 is 1.00 bits per heavy atom. The highest BCUT2D eigenvalue weighted by molar-refractivity contribution is 5.94. The summed E-state index contributed by atoms with van der Waals surface area (Å²) in [5.74, 6) is 0.127. The molecule has 0 spiro atoms. The Balaban J connectivity index is 1.75. The van der Waals surface area contributed by atoms with Crippen molar-refractivity contribution < 1.29 is 4.79 Å². The molecule has 1 amide bonds. The molecular formula is C18H21N3O. The average Bonchev–Trinajstić information content (AvgIpc) is 2.55. The maximum Gasteiger partial charge on any atom is 0.253 e. The number of likely N-dealkylation sites (N-methyl/N-ethyl adjacent to an activating group) is 1. The van der Waals surface area contributed by atoms with Gasteiger partial charge in [-0.3, -0.25) is 9.78 Å². The molecule has 3 rings (SSSR count). The van der Waals surface area contributed by atoms with Crippen molar-refractivity contribution in [1.82, 2.24) is 14.8 Å². The molecule has 2 heterocycles. The highest BCUT2D eigenvalue weighted by atomic mass is 16.2. The molecule has 0 bridgehead atoms. The van der Waals surface area contributed by atoms with Gasteiger partial charge in [-0.25, -0.2) is 0 Å². The molecular weight excluding hydrogens is 274 g/mol. The molecule has 2 aromatic rings. The molecule has 0 aliphatic carbocycles. The average molecular weight is 295 g/mol. The van der Waals surface area contributed by atoms with E-state index < -0.39 is 0 Å². The highest BCUT2D eigenvalue weighted by Gasteiger charge is 2.20. The normalized spacial score (nSPS) is 15.8. The number of amides is 1. The minimum atomic E-state index is 0.127. The Hall–Kier alpha value is -2.20. The summed E-state index contributed by atoms with van der Waals surface area (Å²) in [6.45, 7) is 5.52. The second-order valence-corrected chi connectivity index (χ2v) is 5.92. The first-order chi connectivity index (χ1) is 10.6. The van der Waals surface area contributed by atoms with E-state index in [4.69, 9.17) is 0 Å². The topological polar surface area (TPSA) is 36.4 Å². The van der Waals surface area contributed by atoms with Gasteiger partial charge < -0.3 is 9.80 Å². The minimum Gasteiger partial charge on any atom is -0.336 e. The van der Waals surface area contributed by atoms with Crippen molar-refractivity contribution in [2.45, 2.75) is 6.92 Å². The predicted octanol–water partition coefficient (Wildman–Crippen LogP) is 2.44. The summed E-state index contributed by atoms with van der Waals surface area (Å²) in [4.78, 5) is 20.9. The minimum absolute atomic E-state index is 0.127. The number of aryl methyl sites for hydroxylation is 1. The number of piperazine rings is 1. The van der Waals surface area contributed by atoms with E-state index in [0.717, 1.165) is 48.4 Å². The molecule has 0 atom stereocenters. The maximum absolute atomic E-state index is 12.5. The number of pyridine rings is 1. The fraction of sp³-hybridized carbons (Fsp3) is 0.333. The summed E-state index contributed by atoms with van der Waals surface area (Å²) in [6, 6.07) is 9.93. The molecule has 1 aliphatic rings. The molecule has 0 saturated carbocycles. The number of benzene rings is 1. The monoisotopic (exact) mass is 295 g/mol. The highest BCUT2D eigenvalue weighted by Crippen LogP contribution is 2.20. The number of carbonyl (C=O) groups is 1. The van der Waals surface area contributed by atoms with E-state index in [0.29, 0.717) is 0 Å². The summed E-state index contributed by atoms with van der Waals surface area (Å²) in [6.07, 6.45) is 3.69. The maximum atomic E-state index is 12.5. The summed E-state index contributed by atoms with van der Waals surface area (Å²) in [7, 11) is 2.09. The van der Waals surface area contributed by atoms with Crippen molar-refractivity contribution in [3.05, 3.63) is 53.9 Å². The van der Waals surface area contributed by atoms with Gasteiger partial charge in [-0.05, 0) is 43.3 Å². The Labute approximate surface area is 131 Å². The third-order valence-electron chi connectivity index (χ3n) is 4.13. The van der Waals surface area contributed by atoms with Crippen LogP contribution in [0.15, 0.2) is 42.7 Å². The Morgan fingerprint density at radius 3 is 2.32 bits per heavy atom. The Kier molecular flexibility index (Phi) is 4.20. The summed E-state index contributed by atoms with van der Waals surface area (Å²) in [5.41, 5.74) is 4.06. The third-order valence-corrected chi connectivity index (χ3v) is 4.13. The van der Waals surface area contributed by atoms with Crippen molar-refractivity contribution in [3.63, 3.8) is 0 Å².